The van der Waals surface area contributed by atoms with Crippen LogP contribution in [0.2, 0.25) is 5.02 Å². The molecular weight excluding hydrogens is 285 g/mol. The van der Waals surface area contributed by atoms with Crippen molar-refractivity contribution in [3.8, 4) is 0 Å². The zero-order valence-electron chi connectivity index (χ0n) is 12.6. The van der Waals surface area contributed by atoms with Crippen LogP contribution in [0.1, 0.15) is 50.5 Å². The van der Waals surface area contributed by atoms with Crippen molar-refractivity contribution in [2.45, 2.75) is 57.4 Å². The Morgan fingerprint density at radius 2 is 1.81 bits per heavy atom. The zero-order chi connectivity index (χ0) is 14.7. The number of hydrogen-bond acceptors (Lipinski definition) is 1. The van der Waals surface area contributed by atoms with E-state index in [1.807, 2.05) is 6.07 Å². The van der Waals surface area contributed by atoms with Crippen molar-refractivity contribution in [2.24, 2.45) is 11.8 Å². The summed E-state index contributed by atoms with van der Waals surface area (Å²) in [6.07, 6.45) is 10.1. The lowest BCUT2D eigenvalue weighted by molar-refractivity contribution is 0.297. The molecule has 21 heavy (non-hydrogen) atoms. The van der Waals surface area contributed by atoms with Gasteiger partial charge in [-0.1, -0.05) is 43.0 Å². The molecule has 0 spiro atoms. The van der Waals surface area contributed by atoms with Gasteiger partial charge in [0.05, 0.1) is 5.02 Å². The lowest BCUT2D eigenvalue weighted by atomic mass is 9.83. The standard InChI is InChI=1S/C18H25ClFN/c19-18-14(7-4-8-17(18)20)11-13-5-2-1-3-6-15(13)12-21-16-9-10-16/h4,7-8,13,15-16,21H,1-3,5-6,9-12H2. The van der Waals surface area contributed by atoms with Crippen molar-refractivity contribution in [2.75, 3.05) is 6.54 Å². The van der Waals surface area contributed by atoms with Gasteiger partial charge in [0.1, 0.15) is 5.82 Å². The van der Waals surface area contributed by atoms with Crippen LogP contribution in [0.15, 0.2) is 18.2 Å². The topological polar surface area (TPSA) is 12.0 Å². The molecule has 3 rings (SSSR count). The third-order valence-corrected chi connectivity index (χ3v) is 5.50. The summed E-state index contributed by atoms with van der Waals surface area (Å²) >= 11 is 6.15. The van der Waals surface area contributed by atoms with Crippen molar-refractivity contribution < 1.29 is 4.39 Å². The maximum Gasteiger partial charge on any atom is 0.142 e. The maximum atomic E-state index is 13.6. The minimum absolute atomic E-state index is 0.282. The third-order valence-electron chi connectivity index (χ3n) is 5.08. The van der Waals surface area contributed by atoms with Gasteiger partial charge in [0, 0.05) is 6.04 Å². The van der Waals surface area contributed by atoms with Gasteiger partial charge in [0.2, 0.25) is 0 Å². The number of hydrogen-bond donors (Lipinski definition) is 1. The Labute approximate surface area is 132 Å². The first-order valence-corrected chi connectivity index (χ1v) is 8.78. The van der Waals surface area contributed by atoms with Crippen LogP contribution >= 0.6 is 11.6 Å². The third kappa shape index (κ3) is 4.20. The Bertz CT molecular complexity index is 472. The molecule has 0 radical (unpaired) electrons. The monoisotopic (exact) mass is 309 g/mol. The highest BCUT2D eigenvalue weighted by Gasteiger charge is 2.27. The fraction of sp³-hybridized carbons (Fsp3) is 0.667. The maximum absolute atomic E-state index is 13.6. The fourth-order valence-corrected chi connectivity index (χ4v) is 3.80. The molecule has 3 heteroatoms. The van der Waals surface area contributed by atoms with Gasteiger partial charge in [0.15, 0.2) is 0 Å². The van der Waals surface area contributed by atoms with Crippen LogP contribution in [-0.4, -0.2) is 12.6 Å². The summed E-state index contributed by atoms with van der Waals surface area (Å²) in [5.74, 6) is 1.07. The van der Waals surface area contributed by atoms with Crippen molar-refractivity contribution in [1.29, 1.82) is 0 Å². The molecule has 0 aromatic heterocycles. The minimum atomic E-state index is -0.282. The van der Waals surface area contributed by atoms with Crippen LogP contribution in [-0.2, 0) is 6.42 Å². The first-order chi connectivity index (χ1) is 10.2. The SMILES string of the molecule is Fc1cccc(CC2CCCCCC2CNC2CC2)c1Cl. The molecule has 0 aliphatic heterocycles. The normalized spacial score (nSPS) is 26.6. The lowest BCUT2D eigenvalue weighted by Gasteiger charge is -2.26. The largest absolute Gasteiger partial charge is 0.314 e. The Balaban J connectivity index is 1.67. The van der Waals surface area contributed by atoms with E-state index in [0.717, 1.165) is 24.6 Å². The van der Waals surface area contributed by atoms with Crippen LogP contribution in [0.25, 0.3) is 0 Å². The molecule has 1 aromatic rings. The smallest absolute Gasteiger partial charge is 0.142 e. The second-order valence-electron chi connectivity index (χ2n) is 6.76. The summed E-state index contributed by atoms with van der Waals surface area (Å²) in [6.45, 7) is 1.13. The van der Waals surface area contributed by atoms with Gasteiger partial charge in [-0.25, -0.2) is 4.39 Å². The number of rotatable bonds is 5. The number of nitrogens with one attached hydrogen (secondary N) is 1. The van der Waals surface area contributed by atoms with Gasteiger partial charge in [-0.05, 0) is 62.1 Å². The summed E-state index contributed by atoms with van der Waals surface area (Å²) < 4.78 is 13.6. The van der Waals surface area contributed by atoms with Crippen molar-refractivity contribution >= 4 is 11.6 Å². The van der Waals surface area contributed by atoms with Gasteiger partial charge in [-0.3, -0.25) is 0 Å². The minimum Gasteiger partial charge on any atom is -0.314 e. The van der Waals surface area contributed by atoms with E-state index in [0.29, 0.717) is 16.9 Å². The Kier molecular flexibility index (Phi) is 5.18. The molecule has 2 unspecified atom stereocenters. The Morgan fingerprint density at radius 1 is 1.05 bits per heavy atom. The fourth-order valence-electron chi connectivity index (χ4n) is 3.59. The summed E-state index contributed by atoms with van der Waals surface area (Å²) in [5, 5.41) is 4.02. The summed E-state index contributed by atoms with van der Waals surface area (Å²) in [4.78, 5) is 0. The van der Waals surface area contributed by atoms with Crippen molar-refractivity contribution in [3.05, 3.63) is 34.6 Å². The lowest BCUT2D eigenvalue weighted by Crippen LogP contribution is -2.30. The van der Waals surface area contributed by atoms with E-state index < -0.39 is 0 Å². The van der Waals surface area contributed by atoms with Gasteiger partial charge in [-0.2, -0.15) is 0 Å². The molecule has 0 saturated heterocycles. The van der Waals surface area contributed by atoms with E-state index in [2.05, 4.69) is 5.32 Å². The molecule has 2 saturated carbocycles. The predicted octanol–water partition coefficient (Wildman–Crippen LogP) is 4.97. The summed E-state index contributed by atoms with van der Waals surface area (Å²) in [5.41, 5.74) is 0.986. The van der Waals surface area contributed by atoms with Crippen molar-refractivity contribution in [3.63, 3.8) is 0 Å². The quantitative estimate of drug-likeness (QED) is 0.757. The summed E-state index contributed by atoms with van der Waals surface area (Å²) in [7, 11) is 0. The highest BCUT2D eigenvalue weighted by atomic mass is 35.5. The van der Waals surface area contributed by atoms with Gasteiger partial charge < -0.3 is 5.32 Å². The van der Waals surface area contributed by atoms with Gasteiger partial charge >= 0.3 is 0 Å². The number of halogens is 2. The second-order valence-corrected chi connectivity index (χ2v) is 7.14. The van der Waals surface area contributed by atoms with E-state index in [4.69, 9.17) is 11.6 Å². The molecule has 116 valence electrons. The Hall–Kier alpha value is -0.600. The molecule has 1 aromatic carbocycles. The van der Waals surface area contributed by atoms with E-state index >= 15 is 0 Å². The Morgan fingerprint density at radius 3 is 2.57 bits per heavy atom. The number of benzene rings is 1. The zero-order valence-corrected chi connectivity index (χ0v) is 13.3. The molecule has 0 heterocycles. The van der Waals surface area contributed by atoms with Crippen LogP contribution in [0, 0.1) is 17.7 Å². The molecule has 2 aliphatic rings. The van der Waals surface area contributed by atoms with Crippen LogP contribution in [0.4, 0.5) is 4.39 Å². The molecular formula is C18H25ClFN. The summed E-state index contributed by atoms with van der Waals surface area (Å²) in [6, 6.07) is 5.99. The van der Waals surface area contributed by atoms with Gasteiger partial charge in [-0.15, -0.1) is 0 Å². The van der Waals surface area contributed by atoms with Crippen LogP contribution < -0.4 is 5.32 Å². The van der Waals surface area contributed by atoms with Crippen LogP contribution in [0.5, 0.6) is 0 Å². The molecule has 0 amide bonds. The van der Waals surface area contributed by atoms with Crippen molar-refractivity contribution in [1.82, 2.24) is 5.32 Å². The van der Waals surface area contributed by atoms with Gasteiger partial charge in [0.25, 0.3) is 0 Å². The molecule has 2 fully saturated rings. The first kappa shape index (κ1) is 15.3. The van der Waals surface area contributed by atoms with E-state index in [1.165, 1.54) is 51.0 Å². The predicted molar refractivity (Wildman–Crippen MR) is 86.2 cm³/mol. The molecule has 1 N–H and O–H groups in total. The second kappa shape index (κ2) is 7.11. The van der Waals surface area contributed by atoms with E-state index in [-0.39, 0.29) is 5.82 Å². The van der Waals surface area contributed by atoms with Crippen LogP contribution in [0.3, 0.4) is 0 Å². The molecule has 2 aliphatic carbocycles. The molecule has 2 atom stereocenters. The molecule has 0 bridgehead atoms. The highest BCUT2D eigenvalue weighted by molar-refractivity contribution is 6.31. The first-order valence-electron chi connectivity index (χ1n) is 8.40. The highest BCUT2D eigenvalue weighted by Crippen LogP contribution is 2.34. The van der Waals surface area contributed by atoms with E-state index in [9.17, 15) is 4.39 Å². The average Bonchev–Trinajstić information content (AvgIpc) is 3.30. The molecule has 1 nitrogen and oxygen atoms in total. The average molecular weight is 310 g/mol. The van der Waals surface area contributed by atoms with E-state index in [1.54, 1.807) is 6.07 Å².